The summed E-state index contributed by atoms with van der Waals surface area (Å²) in [6.07, 6.45) is 7.78. The summed E-state index contributed by atoms with van der Waals surface area (Å²) in [7, 11) is 0. The van der Waals surface area contributed by atoms with Gasteiger partial charge in [0.25, 0.3) is 6.43 Å². The number of rotatable bonds is 10. The molecule has 1 unspecified atom stereocenters. The number of benzene rings is 1. The Morgan fingerprint density at radius 1 is 1.15 bits per heavy atom. The Morgan fingerprint density at radius 3 is 2.42 bits per heavy atom. The van der Waals surface area contributed by atoms with E-state index >= 15 is 0 Å². The summed E-state index contributed by atoms with van der Waals surface area (Å²) in [6, 6.07) is 5.24. The van der Waals surface area contributed by atoms with Crippen molar-refractivity contribution in [3.63, 3.8) is 0 Å². The number of halogens is 5. The van der Waals surface area contributed by atoms with E-state index in [9.17, 15) is 17.6 Å². The van der Waals surface area contributed by atoms with Crippen LogP contribution in [0.4, 0.5) is 17.6 Å². The predicted molar refractivity (Wildman–Crippen MR) is 157 cm³/mol. The highest BCUT2D eigenvalue weighted by molar-refractivity contribution is 6.29. The van der Waals surface area contributed by atoms with E-state index in [2.05, 4.69) is 23.4 Å². The van der Waals surface area contributed by atoms with Crippen LogP contribution in [0.3, 0.4) is 0 Å². The third kappa shape index (κ3) is 9.23. The third-order valence-corrected chi connectivity index (χ3v) is 5.51. The monoisotopic (exact) mass is 577 g/mol. The number of alkyl halides is 3. The van der Waals surface area contributed by atoms with Crippen LogP contribution in [0.15, 0.2) is 89.6 Å². The van der Waals surface area contributed by atoms with Gasteiger partial charge in [-0.15, -0.1) is 13.2 Å². The highest BCUT2D eigenvalue weighted by atomic mass is 35.5. The zero-order chi connectivity index (χ0) is 30.2. The minimum Gasteiger partial charge on any atom is -0.355 e. The lowest BCUT2D eigenvalue weighted by atomic mass is 9.96. The van der Waals surface area contributed by atoms with Gasteiger partial charge in [-0.2, -0.15) is 5.10 Å². The van der Waals surface area contributed by atoms with Gasteiger partial charge in [0.15, 0.2) is 5.76 Å². The fourth-order valence-corrected chi connectivity index (χ4v) is 3.84. The lowest BCUT2D eigenvalue weighted by molar-refractivity contribution is 0.143. The van der Waals surface area contributed by atoms with Gasteiger partial charge in [0.1, 0.15) is 17.7 Å². The second-order valence-corrected chi connectivity index (χ2v) is 8.38. The average Bonchev–Trinajstić information content (AvgIpc) is 3.56. The van der Waals surface area contributed by atoms with E-state index in [-0.39, 0.29) is 23.4 Å². The molecule has 9 heteroatoms. The van der Waals surface area contributed by atoms with E-state index in [4.69, 9.17) is 16.1 Å². The largest absolute Gasteiger partial charge is 0.355 e. The van der Waals surface area contributed by atoms with Gasteiger partial charge in [-0.25, -0.2) is 22.2 Å². The Balaban J connectivity index is 0.00000191. The van der Waals surface area contributed by atoms with E-state index in [0.717, 1.165) is 16.3 Å². The van der Waals surface area contributed by atoms with Crippen molar-refractivity contribution in [2.75, 3.05) is 0 Å². The second kappa shape index (κ2) is 17.8. The molecule has 0 saturated heterocycles. The first kappa shape index (κ1) is 34.4. The van der Waals surface area contributed by atoms with Crippen LogP contribution in [0.1, 0.15) is 64.4 Å². The Hall–Kier alpha value is -3.65. The van der Waals surface area contributed by atoms with Crippen molar-refractivity contribution in [1.29, 1.82) is 0 Å². The molecule has 0 aliphatic carbocycles. The van der Waals surface area contributed by atoms with E-state index in [1.165, 1.54) is 43.5 Å². The van der Waals surface area contributed by atoms with Crippen LogP contribution < -0.4 is 0 Å². The molecule has 0 amide bonds. The van der Waals surface area contributed by atoms with Gasteiger partial charge in [0.2, 0.25) is 0 Å². The van der Waals surface area contributed by atoms with Crippen LogP contribution in [0, 0.1) is 5.82 Å². The summed E-state index contributed by atoms with van der Waals surface area (Å²) in [4.78, 5) is 0. The molecule has 0 bridgehead atoms. The first-order chi connectivity index (χ1) is 19.3. The van der Waals surface area contributed by atoms with Crippen LogP contribution in [-0.4, -0.2) is 21.1 Å². The van der Waals surface area contributed by atoms with Gasteiger partial charge in [0.05, 0.1) is 23.1 Å². The van der Waals surface area contributed by atoms with E-state index in [1.54, 1.807) is 6.08 Å². The molecule has 2 aromatic heterocycles. The summed E-state index contributed by atoms with van der Waals surface area (Å²) >= 11 is 6.36. The maximum Gasteiger partial charge on any atom is 0.281 e. The van der Waals surface area contributed by atoms with Gasteiger partial charge in [-0.3, -0.25) is 0 Å². The third-order valence-electron chi connectivity index (χ3n) is 5.25. The minimum absolute atomic E-state index is 0.0362. The standard InChI is InChI=1S/C27H26ClF4N3O.C2H6.C2H4/c1-4-6-10-18(5-2)24-23(14-19(28)11-7-9-17(3)29)34-36-26(24)22-16-33-35(25(22)27(31)32)21-13-8-12-20(30)15-21;2*1-2/h4,6-13,15-17,27H,5,14H2,1-3H3;1-2H3;1-2H2/b6-4-,9-7-,18-10+,19-11+;;. The van der Waals surface area contributed by atoms with Crippen molar-refractivity contribution < 1.29 is 22.1 Å². The molecule has 0 spiro atoms. The zero-order valence-electron chi connectivity index (χ0n) is 23.5. The molecule has 0 radical (unpaired) electrons. The van der Waals surface area contributed by atoms with Crippen LogP contribution in [0.5, 0.6) is 0 Å². The smallest absolute Gasteiger partial charge is 0.281 e. The van der Waals surface area contributed by atoms with Gasteiger partial charge in [0, 0.05) is 17.0 Å². The molecule has 4 nitrogen and oxygen atoms in total. The molecule has 0 aliphatic heterocycles. The van der Waals surface area contributed by atoms with Gasteiger partial charge in [-0.1, -0.05) is 74.0 Å². The number of nitrogens with zero attached hydrogens (tertiary/aromatic N) is 3. The lowest BCUT2D eigenvalue weighted by Crippen LogP contribution is -2.04. The Kier molecular flexibility index (Phi) is 15.3. The molecule has 2 heterocycles. The van der Waals surface area contributed by atoms with Gasteiger partial charge < -0.3 is 4.52 Å². The predicted octanol–water partition coefficient (Wildman–Crippen LogP) is 10.4. The Bertz CT molecular complexity index is 1320. The molecule has 216 valence electrons. The normalized spacial score (nSPS) is 12.9. The van der Waals surface area contributed by atoms with E-state index in [0.29, 0.717) is 22.7 Å². The number of hydrogen-bond donors (Lipinski definition) is 0. The Morgan fingerprint density at radius 2 is 1.85 bits per heavy atom. The lowest BCUT2D eigenvalue weighted by Gasteiger charge is -2.10. The fourth-order valence-electron chi connectivity index (χ4n) is 3.64. The summed E-state index contributed by atoms with van der Waals surface area (Å²) < 4.78 is 62.1. The van der Waals surface area contributed by atoms with Crippen LogP contribution in [-0.2, 0) is 6.42 Å². The summed E-state index contributed by atoms with van der Waals surface area (Å²) in [5.74, 6) is -0.467. The first-order valence-electron chi connectivity index (χ1n) is 12.9. The second-order valence-electron chi connectivity index (χ2n) is 7.89. The van der Waals surface area contributed by atoms with Crippen molar-refractivity contribution in [3.8, 4) is 17.0 Å². The maximum absolute atomic E-state index is 14.3. The molecular formula is C31H36ClF4N3O. The van der Waals surface area contributed by atoms with E-state index in [1.807, 2.05) is 45.9 Å². The van der Waals surface area contributed by atoms with Crippen molar-refractivity contribution in [3.05, 3.63) is 108 Å². The van der Waals surface area contributed by atoms with Crippen molar-refractivity contribution in [1.82, 2.24) is 14.9 Å². The molecule has 0 aliphatic rings. The highest BCUT2D eigenvalue weighted by Crippen LogP contribution is 2.40. The topological polar surface area (TPSA) is 43.9 Å². The molecule has 0 N–H and O–H groups in total. The molecule has 0 fully saturated rings. The highest BCUT2D eigenvalue weighted by Gasteiger charge is 2.29. The van der Waals surface area contributed by atoms with Crippen LogP contribution in [0.2, 0.25) is 0 Å². The number of aromatic nitrogens is 3. The van der Waals surface area contributed by atoms with Crippen molar-refractivity contribution in [2.24, 2.45) is 0 Å². The van der Waals surface area contributed by atoms with E-state index < -0.39 is 24.1 Å². The van der Waals surface area contributed by atoms with Crippen molar-refractivity contribution in [2.45, 2.75) is 60.1 Å². The number of allylic oxidation sites excluding steroid dienone is 8. The fraction of sp³-hybridized carbons (Fsp3) is 0.290. The first-order valence-corrected chi connectivity index (χ1v) is 13.2. The molecule has 40 heavy (non-hydrogen) atoms. The summed E-state index contributed by atoms with van der Waals surface area (Å²) in [6.45, 7) is 15.2. The van der Waals surface area contributed by atoms with Gasteiger partial charge in [-0.05, 0) is 50.1 Å². The van der Waals surface area contributed by atoms with Crippen LogP contribution in [0.25, 0.3) is 22.6 Å². The average molecular weight is 578 g/mol. The molecule has 0 saturated carbocycles. The van der Waals surface area contributed by atoms with Crippen molar-refractivity contribution >= 4 is 17.2 Å². The minimum atomic E-state index is -2.94. The summed E-state index contributed by atoms with van der Waals surface area (Å²) in [5.41, 5.74) is 1.48. The Labute approximate surface area is 239 Å². The quantitative estimate of drug-likeness (QED) is 0.137. The molecule has 1 atom stereocenters. The molecule has 3 aromatic rings. The van der Waals surface area contributed by atoms with Crippen LogP contribution >= 0.6 is 11.6 Å². The maximum atomic E-state index is 14.3. The number of hydrogen-bond acceptors (Lipinski definition) is 3. The summed E-state index contributed by atoms with van der Waals surface area (Å²) in [5, 5.41) is 8.61. The SMILES string of the molecule is C/C=C\C=C(/CC)c1c(C/C(Cl)=C\C=C/C(C)F)noc1-c1cnn(-c2cccc(F)c2)c1C(F)F.C=C.CC. The molecule has 1 aromatic carbocycles. The van der Waals surface area contributed by atoms with Gasteiger partial charge >= 0.3 is 0 Å². The zero-order valence-corrected chi connectivity index (χ0v) is 24.2. The molecule has 3 rings (SSSR count). The molecular weight excluding hydrogens is 542 g/mol.